The van der Waals surface area contributed by atoms with Crippen LogP contribution in [0.25, 0.3) is 0 Å². The van der Waals surface area contributed by atoms with Gasteiger partial charge >= 0.3 is 0 Å². The highest BCUT2D eigenvalue weighted by atomic mass is 32.2. The van der Waals surface area contributed by atoms with Gasteiger partial charge < -0.3 is 0 Å². The molecule has 2 aromatic carbocycles. The Morgan fingerprint density at radius 3 is 2.12 bits per heavy atom. The predicted octanol–water partition coefficient (Wildman–Crippen LogP) is 3.94. The quantitative estimate of drug-likeness (QED) is 0.762. The number of amides is 1. The normalized spacial score (nSPS) is 11.2. The van der Waals surface area contributed by atoms with Crippen LogP contribution in [0, 0.1) is 27.7 Å². The van der Waals surface area contributed by atoms with Crippen LogP contribution in [0.2, 0.25) is 0 Å². The van der Waals surface area contributed by atoms with Gasteiger partial charge in [-0.1, -0.05) is 42.0 Å². The molecule has 0 fully saturated rings. The van der Waals surface area contributed by atoms with Crippen LogP contribution in [0.4, 0.5) is 0 Å². The van der Waals surface area contributed by atoms with E-state index in [9.17, 15) is 13.2 Å². The van der Waals surface area contributed by atoms with Crippen LogP contribution in [-0.2, 0) is 10.0 Å². The van der Waals surface area contributed by atoms with E-state index in [4.69, 9.17) is 0 Å². The Morgan fingerprint density at radius 2 is 1.60 bits per heavy atom. The third-order valence-electron chi connectivity index (χ3n) is 4.05. The summed E-state index contributed by atoms with van der Waals surface area (Å²) in [5.74, 6) is -0.544. The smallest absolute Gasteiger partial charge is 0.268 e. The molecular formula is C20H23NO3S. The first-order chi connectivity index (χ1) is 11.7. The zero-order valence-electron chi connectivity index (χ0n) is 15.0. The van der Waals surface area contributed by atoms with E-state index in [1.165, 1.54) is 6.08 Å². The first kappa shape index (κ1) is 18.9. The lowest BCUT2D eigenvalue weighted by atomic mass is 10.1. The highest BCUT2D eigenvalue weighted by molar-refractivity contribution is 7.89. The number of sulfonamides is 1. The zero-order valence-corrected chi connectivity index (χ0v) is 15.9. The molecule has 0 N–H and O–H groups in total. The molecular weight excluding hydrogens is 334 g/mol. The minimum Gasteiger partial charge on any atom is -0.268 e. The Bertz CT molecular complexity index is 907. The van der Waals surface area contributed by atoms with Gasteiger partial charge in [0.05, 0.1) is 11.4 Å². The summed E-state index contributed by atoms with van der Waals surface area (Å²) in [5, 5.41) is 0. The highest BCUT2D eigenvalue weighted by Crippen LogP contribution is 2.27. The SMILES string of the molecule is C=CCN(C(=O)c1ccccc1C)S(=O)(=O)c1c(C)cc(C)cc1C. The molecule has 0 aliphatic carbocycles. The number of nitrogens with zero attached hydrogens (tertiary/aromatic N) is 1. The fraction of sp³-hybridized carbons (Fsp3) is 0.250. The molecule has 0 unspecified atom stereocenters. The number of hydrogen-bond donors (Lipinski definition) is 0. The van der Waals surface area contributed by atoms with Crippen molar-refractivity contribution < 1.29 is 13.2 Å². The fourth-order valence-corrected chi connectivity index (χ4v) is 4.81. The summed E-state index contributed by atoms with van der Waals surface area (Å²) < 4.78 is 27.4. The Morgan fingerprint density at radius 1 is 1.04 bits per heavy atom. The monoisotopic (exact) mass is 357 g/mol. The molecule has 0 aliphatic rings. The van der Waals surface area contributed by atoms with Gasteiger partial charge in [0.1, 0.15) is 0 Å². The van der Waals surface area contributed by atoms with Gasteiger partial charge in [0.25, 0.3) is 15.9 Å². The standard InChI is InChI=1S/C20H23NO3S/c1-6-11-21(20(22)18-10-8-7-9-15(18)3)25(23,24)19-16(4)12-14(2)13-17(19)5/h6-10,12-13H,1,11H2,2-5H3. The number of carbonyl (C=O) groups is 1. The molecule has 0 bridgehead atoms. The molecule has 0 atom stereocenters. The third-order valence-corrected chi connectivity index (χ3v) is 6.10. The van der Waals surface area contributed by atoms with Gasteiger partial charge in [0, 0.05) is 5.56 Å². The van der Waals surface area contributed by atoms with E-state index in [-0.39, 0.29) is 11.4 Å². The van der Waals surface area contributed by atoms with Crippen molar-refractivity contribution in [2.45, 2.75) is 32.6 Å². The molecule has 0 radical (unpaired) electrons. The fourth-order valence-electron chi connectivity index (χ4n) is 3.04. The van der Waals surface area contributed by atoms with Gasteiger partial charge in [0.2, 0.25) is 0 Å². The van der Waals surface area contributed by atoms with Gasteiger partial charge in [-0.15, -0.1) is 6.58 Å². The summed E-state index contributed by atoms with van der Waals surface area (Å²) in [6.07, 6.45) is 1.42. The summed E-state index contributed by atoms with van der Waals surface area (Å²) in [7, 11) is -3.99. The van der Waals surface area contributed by atoms with Gasteiger partial charge in [-0.3, -0.25) is 4.79 Å². The number of rotatable bonds is 5. The molecule has 25 heavy (non-hydrogen) atoms. The summed E-state index contributed by atoms with van der Waals surface area (Å²) >= 11 is 0. The highest BCUT2D eigenvalue weighted by Gasteiger charge is 2.32. The summed E-state index contributed by atoms with van der Waals surface area (Å²) in [6, 6.07) is 10.6. The van der Waals surface area contributed by atoms with Crippen molar-refractivity contribution in [3.63, 3.8) is 0 Å². The minimum atomic E-state index is -3.99. The summed E-state index contributed by atoms with van der Waals surface area (Å²) in [5.41, 5.74) is 3.34. The first-order valence-electron chi connectivity index (χ1n) is 8.01. The van der Waals surface area contributed by atoms with E-state index in [0.717, 1.165) is 15.4 Å². The maximum atomic E-state index is 13.3. The average molecular weight is 357 g/mol. The molecule has 5 heteroatoms. The molecule has 132 valence electrons. The second-order valence-electron chi connectivity index (χ2n) is 6.17. The lowest BCUT2D eigenvalue weighted by Crippen LogP contribution is -2.38. The van der Waals surface area contributed by atoms with Crippen LogP contribution in [0.1, 0.15) is 32.6 Å². The Kier molecular flexibility index (Phi) is 5.48. The van der Waals surface area contributed by atoms with Crippen molar-refractivity contribution in [2.75, 3.05) is 6.54 Å². The summed E-state index contributed by atoms with van der Waals surface area (Å²) in [4.78, 5) is 13.1. The van der Waals surface area contributed by atoms with Crippen LogP contribution in [-0.4, -0.2) is 25.2 Å². The summed E-state index contributed by atoms with van der Waals surface area (Å²) in [6.45, 7) is 10.7. The molecule has 4 nitrogen and oxygen atoms in total. The van der Waals surface area contributed by atoms with Crippen molar-refractivity contribution in [1.82, 2.24) is 4.31 Å². The van der Waals surface area contributed by atoms with Gasteiger partial charge in [-0.05, 0) is 50.5 Å². The second kappa shape index (κ2) is 7.23. The van der Waals surface area contributed by atoms with Crippen LogP contribution < -0.4 is 0 Å². The topological polar surface area (TPSA) is 54.5 Å². The first-order valence-corrected chi connectivity index (χ1v) is 9.45. The van der Waals surface area contributed by atoms with Gasteiger partial charge in [-0.25, -0.2) is 12.7 Å². The minimum absolute atomic E-state index is 0.0811. The molecule has 0 heterocycles. The van der Waals surface area contributed by atoms with E-state index in [2.05, 4.69) is 6.58 Å². The van der Waals surface area contributed by atoms with E-state index in [1.54, 1.807) is 39.0 Å². The number of benzene rings is 2. The zero-order chi connectivity index (χ0) is 18.8. The Hall–Kier alpha value is -2.40. The molecule has 2 aromatic rings. The van der Waals surface area contributed by atoms with Gasteiger partial charge in [-0.2, -0.15) is 0 Å². The van der Waals surface area contributed by atoms with Crippen molar-refractivity contribution in [2.24, 2.45) is 0 Å². The second-order valence-corrected chi connectivity index (χ2v) is 7.97. The lowest BCUT2D eigenvalue weighted by molar-refractivity contribution is 0.0870. The molecule has 0 spiro atoms. The van der Waals surface area contributed by atoms with Crippen LogP contribution in [0.15, 0.2) is 53.9 Å². The van der Waals surface area contributed by atoms with Crippen LogP contribution in [0.5, 0.6) is 0 Å². The van der Waals surface area contributed by atoms with Crippen molar-refractivity contribution >= 4 is 15.9 Å². The maximum Gasteiger partial charge on any atom is 0.268 e. The van der Waals surface area contributed by atoms with E-state index < -0.39 is 15.9 Å². The maximum absolute atomic E-state index is 13.3. The molecule has 1 amide bonds. The van der Waals surface area contributed by atoms with Crippen LogP contribution >= 0.6 is 0 Å². The lowest BCUT2D eigenvalue weighted by Gasteiger charge is -2.24. The molecule has 0 saturated carbocycles. The van der Waals surface area contributed by atoms with E-state index in [0.29, 0.717) is 16.7 Å². The molecule has 0 aromatic heterocycles. The van der Waals surface area contributed by atoms with Crippen LogP contribution in [0.3, 0.4) is 0 Å². The van der Waals surface area contributed by atoms with E-state index in [1.807, 2.05) is 25.1 Å². The number of aryl methyl sites for hydroxylation is 4. The largest absolute Gasteiger partial charge is 0.268 e. The predicted molar refractivity (Wildman–Crippen MR) is 100 cm³/mol. The molecule has 0 aliphatic heterocycles. The Labute approximate surface area is 149 Å². The van der Waals surface area contributed by atoms with Crippen molar-refractivity contribution in [1.29, 1.82) is 0 Å². The van der Waals surface area contributed by atoms with Gasteiger partial charge in [0.15, 0.2) is 0 Å². The van der Waals surface area contributed by atoms with Crippen molar-refractivity contribution in [3.8, 4) is 0 Å². The van der Waals surface area contributed by atoms with E-state index >= 15 is 0 Å². The third kappa shape index (κ3) is 3.66. The average Bonchev–Trinajstić information content (AvgIpc) is 2.51. The molecule has 2 rings (SSSR count). The van der Waals surface area contributed by atoms with Crippen molar-refractivity contribution in [3.05, 3.63) is 76.9 Å². The number of hydrogen-bond acceptors (Lipinski definition) is 3. The number of carbonyl (C=O) groups excluding carboxylic acids is 1. The molecule has 0 saturated heterocycles. The Balaban J connectivity index is 2.62.